The molecule has 28 heavy (non-hydrogen) atoms. The number of benzene rings is 1. The summed E-state index contributed by atoms with van der Waals surface area (Å²) in [6, 6.07) is 4.71. The highest BCUT2D eigenvalue weighted by Gasteiger charge is 2.39. The molecule has 1 heterocycles. The lowest BCUT2D eigenvalue weighted by Gasteiger charge is -2.23. The zero-order chi connectivity index (χ0) is 20.9. The third kappa shape index (κ3) is 5.33. The predicted octanol–water partition coefficient (Wildman–Crippen LogP) is 1.09. The molecule has 1 aliphatic heterocycles. The Kier molecular flexibility index (Phi) is 7.62. The van der Waals surface area contributed by atoms with Crippen LogP contribution in [0.3, 0.4) is 0 Å². The molecule has 0 unspecified atom stereocenters. The molecule has 1 aromatic carbocycles. The van der Waals surface area contributed by atoms with Crippen LogP contribution in [0.1, 0.15) is 25.3 Å². The Morgan fingerprint density at radius 3 is 2.50 bits per heavy atom. The van der Waals surface area contributed by atoms with Crippen LogP contribution in [0.5, 0.6) is 0 Å². The van der Waals surface area contributed by atoms with Crippen LogP contribution in [0.2, 0.25) is 0 Å². The van der Waals surface area contributed by atoms with E-state index in [0.717, 1.165) is 17.3 Å². The maximum Gasteiger partial charge on any atom is 0.329 e. The molecule has 0 aliphatic carbocycles. The Balaban J connectivity index is 2.10. The molecule has 2 rings (SSSR count). The number of thioether (sulfide) groups is 1. The normalized spacial score (nSPS) is 18.5. The van der Waals surface area contributed by atoms with Crippen molar-refractivity contribution >= 4 is 38.8 Å². The van der Waals surface area contributed by atoms with Crippen molar-refractivity contribution < 1.29 is 27.5 Å². The second-order valence-corrected chi connectivity index (χ2v) is 9.41. The zero-order valence-corrected chi connectivity index (χ0v) is 17.6. The molecule has 1 aliphatic rings. The number of methoxy groups -OCH3 is 1. The van der Waals surface area contributed by atoms with Crippen molar-refractivity contribution in [2.45, 2.75) is 43.7 Å². The smallest absolute Gasteiger partial charge is 0.329 e. The molecule has 1 fully saturated rings. The van der Waals surface area contributed by atoms with E-state index in [1.807, 2.05) is 6.92 Å². The molecule has 1 N–H and O–H groups in total. The number of amides is 1. The molecular weight excluding hydrogens is 404 g/mol. The van der Waals surface area contributed by atoms with Gasteiger partial charge >= 0.3 is 5.97 Å². The van der Waals surface area contributed by atoms with E-state index < -0.39 is 34.0 Å². The van der Waals surface area contributed by atoms with E-state index in [1.165, 1.54) is 30.5 Å². The van der Waals surface area contributed by atoms with Gasteiger partial charge in [0.15, 0.2) is 0 Å². The first-order valence-corrected chi connectivity index (χ1v) is 11.2. The lowest BCUT2D eigenvalue weighted by molar-refractivity contribution is -0.144. The lowest BCUT2D eigenvalue weighted by atomic mass is 10.2. The topological polar surface area (TPSA) is 110 Å². The van der Waals surface area contributed by atoms with Crippen LogP contribution in [0, 0.1) is 6.92 Å². The minimum Gasteiger partial charge on any atom is -0.467 e. The maximum atomic E-state index is 12.9. The predicted molar refractivity (Wildman–Crippen MR) is 105 cm³/mol. The van der Waals surface area contributed by atoms with Crippen LogP contribution < -0.4 is 5.32 Å². The molecule has 0 spiro atoms. The Labute approximate surface area is 169 Å². The van der Waals surface area contributed by atoms with E-state index in [2.05, 4.69) is 10.1 Å². The van der Waals surface area contributed by atoms with Gasteiger partial charge in [0.2, 0.25) is 21.0 Å². The first-order chi connectivity index (χ1) is 13.2. The number of hydrogen-bond donors (Lipinski definition) is 1. The summed E-state index contributed by atoms with van der Waals surface area (Å²) in [6.45, 7) is 3.39. The van der Waals surface area contributed by atoms with E-state index in [-0.39, 0.29) is 22.3 Å². The number of ether oxygens (including phenoxy) is 1. The average Bonchev–Trinajstić information content (AvgIpc) is 3.15. The average molecular weight is 429 g/mol. The van der Waals surface area contributed by atoms with Crippen molar-refractivity contribution in [2.24, 2.45) is 0 Å². The molecule has 8 nitrogen and oxygen atoms in total. The van der Waals surface area contributed by atoms with Crippen LogP contribution in [0.4, 0.5) is 0 Å². The summed E-state index contributed by atoms with van der Waals surface area (Å²) in [5.74, 6) is -1.11. The number of esters is 1. The highest BCUT2D eigenvalue weighted by Crippen LogP contribution is 2.29. The fraction of sp³-hybridized carbons (Fsp3) is 0.500. The molecule has 154 valence electrons. The third-order valence-corrected chi connectivity index (χ3v) is 7.34. The van der Waals surface area contributed by atoms with Gasteiger partial charge in [0.05, 0.1) is 18.0 Å². The molecular formula is C18H24N2O6S2. The number of carbonyl (C=O) groups is 3. The number of nitrogens with one attached hydrogen (secondary N) is 1. The van der Waals surface area contributed by atoms with Gasteiger partial charge in [-0.2, -0.15) is 4.31 Å². The van der Waals surface area contributed by atoms with E-state index in [0.29, 0.717) is 12.8 Å². The van der Waals surface area contributed by atoms with Crippen LogP contribution in [0.15, 0.2) is 29.2 Å². The zero-order valence-electron chi connectivity index (χ0n) is 16.0. The van der Waals surface area contributed by atoms with Crippen molar-refractivity contribution in [3.63, 3.8) is 0 Å². The monoisotopic (exact) mass is 428 g/mol. The number of carbonyl (C=O) groups excluding carboxylic acids is 3. The van der Waals surface area contributed by atoms with Crippen molar-refractivity contribution in [1.82, 2.24) is 9.62 Å². The van der Waals surface area contributed by atoms with Crippen LogP contribution in [0.25, 0.3) is 0 Å². The molecule has 0 bridgehead atoms. The number of aryl methyl sites for hydroxylation is 1. The number of hydrogen-bond acceptors (Lipinski definition) is 7. The quantitative estimate of drug-likeness (QED) is 0.647. The van der Waals surface area contributed by atoms with Gasteiger partial charge in [-0.1, -0.05) is 29.5 Å². The van der Waals surface area contributed by atoms with Crippen molar-refractivity contribution in [1.29, 1.82) is 0 Å². The van der Waals surface area contributed by atoms with E-state index in [1.54, 1.807) is 12.1 Å². The second kappa shape index (κ2) is 9.53. The third-order valence-electron chi connectivity index (χ3n) is 4.36. The van der Waals surface area contributed by atoms with Crippen LogP contribution >= 0.6 is 11.8 Å². The fourth-order valence-corrected chi connectivity index (χ4v) is 5.64. The Morgan fingerprint density at radius 2 is 1.93 bits per heavy atom. The summed E-state index contributed by atoms with van der Waals surface area (Å²) in [6.07, 6.45) is 0.994. The van der Waals surface area contributed by atoms with Gasteiger partial charge in [0, 0.05) is 19.2 Å². The van der Waals surface area contributed by atoms with E-state index >= 15 is 0 Å². The number of sulfonamides is 1. The minimum absolute atomic E-state index is 0.0278. The molecule has 1 amide bonds. The molecule has 10 heteroatoms. The van der Waals surface area contributed by atoms with Gasteiger partial charge in [-0.15, -0.1) is 0 Å². The highest BCUT2D eigenvalue weighted by molar-refractivity contribution is 8.13. The largest absolute Gasteiger partial charge is 0.467 e. The summed E-state index contributed by atoms with van der Waals surface area (Å²) < 4.78 is 31.7. The van der Waals surface area contributed by atoms with Crippen LogP contribution in [-0.4, -0.2) is 61.2 Å². The standard InChI is InChI=1S/C18H24N2O6S2/c1-12-6-8-14(9-7-12)28(24,25)20-10-4-5-16(20)18(23)27-11-15(17(22)26-3)19-13(2)21/h6-9,15-16H,4-5,10-11H2,1-3H3,(H,19,21)/t15-,16-/m0/s1. The first-order valence-electron chi connectivity index (χ1n) is 8.77. The van der Waals surface area contributed by atoms with Gasteiger partial charge in [0.1, 0.15) is 6.04 Å². The lowest BCUT2D eigenvalue weighted by Crippen LogP contribution is -2.44. The van der Waals surface area contributed by atoms with Crippen molar-refractivity contribution in [2.75, 3.05) is 19.4 Å². The summed E-state index contributed by atoms with van der Waals surface area (Å²) in [4.78, 5) is 35.8. The maximum absolute atomic E-state index is 12.9. The summed E-state index contributed by atoms with van der Waals surface area (Å²) in [5, 5.41) is 2.08. The summed E-state index contributed by atoms with van der Waals surface area (Å²) >= 11 is 0.824. The van der Waals surface area contributed by atoms with Gasteiger partial charge < -0.3 is 10.1 Å². The minimum atomic E-state index is -3.79. The molecule has 1 saturated heterocycles. The molecule has 1 aromatic rings. The van der Waals surface area contributed by atoms with E-state index in [9.17, 15) is 22.8 Å². The second-order valence-electron chi connectivity index (χ2n) is 6.49. The number of nitrogens with zero attached hydrogens (tertiary/aromatic N) is 1. The highest BCUT2D eigenvalue weighted by atomic mass is 32.2. The first kappa shape index (κ1) is 22.4. The Morgan fingerprint density at radius 1 is 1.29 bits per heavy atom. The molecule has 0 radical (unpaired) electrons. The summed E-state index contributed by atoms with van der Waals surface area (Å²) in [5.41, 5.74) is 0.940. The Hall–Kier alpha value is -1.91. The molecule has 0 saturated carbocycles. The van der Waals surface area contributed by atoms with Gasteiger partial charge in [-0.05, 0) is 31.9 Å². The molecule has 2 atom stereocenters. The Bertz CT molecular complexity index is 838. The van der Waals surface area contributed by atoms with Crippen molar-refractivity contribution in [3.05, 3.63) is 29.8 Å². The van der Waals surface area contributed by atoms with Crippen LogP contribution in [-0.2, 0) is 29.1 Å². The van der Waals surface area contributed by atoms with Gasteiger partial charge in [-0.3, -0.25) is 9.59 Å². The van der Waals surface area contributed by atoms with Gasteiger partial charge in [-0.25, -0.2) is 13.2 Å². The molecule has 0 aromatic heterocycles. The van der Waals surface area contributed by atoms with E-state index in [4.69, 9.17) is 0 Å². The number of rotatable bonds is 7. The van der Waals surface area contributed by atoms with Gasteiger partial charge in [0.25, 0.3) is 0 Å². The van der Waals surface area contributed by atoms with Crippen molar-refractivity contribution in [3.8, 4) is 0 Å². The fourth-order valence-electron chi connectivity index (χ4n) is 2.93. The SMILES string of the molecule is COC(=O)[C@H](CSC(=O)[C@@H]1CCCN1S(=O)(=O)c1ccc(C)cc1)NC(C)=O. The summed E-state index contributed by atoms with van der Waals surface area (Å²) in [7, 11) is -2.60.